The maximum absolute atomic E-state index is 11.1. The highest BCUT2D eigenvalue weighted by Crippen LogP contribution is 2.31. The van der Waals surface area contributed by atoms with Crippen LogP contribution in [0.25, 0.3) is 0 Å². The third-order valence-electron chi connectivity index (χ3n) is 2.81. The van der Waals surface area contributed by atoms with E-state index in [-0.39, 0.29) is 23.0 Å². The van der Waals surface area contributed by atoms with E-state index in [1.807, 2.05) is 11.8 Å². The lowest BCUT2D eigenvalue weighted by Crippen LogP contribution is -2.36. The van der Waals surface area contributed by atoms with Crippen LogP contribution in [0.4, 0.5) is 11.4 Å². The molecule has 1 aromatic heterocycles. The summed E-state index contributed by atoms with van der Waals surface area (Å²) in [4.78, 5) is 16.9. The minimum absolute atomic E-state index is 0. The van der Waals surface area contributed by atoms with Crippen molar-refractivity contribution in [1.29, 1.82) is 0 Å². The lowest BCUT2D eigenvalue weighted by Gasteiger charge is -2.28. The minimum Gasteiger partial charge on any atom is -0.378 e. The van der Waals surface area contributed by atoms with Gasteiger partial charge < -0.3 is 9.64 Å². The van der Waals surface area contributed by atoms with Crippen molar-refractivity contribution in [2.75, 3.05) is 31.2 Å². The van der Waals surface area contributed by atoms with Crippen LogP contribution in [0, 0.1) is 24.0 Å². The van der Waals surface area contributed by atoms with Crippen LogP contribution in [0.2, 0.25) is 0 Å². The molecule has 0 N–H and O–H groups in total. The van der Waals surface area contributed by atoms with E-state index in [4.69, 9.17) is 4.74 Å². The number of ether oxygens (including phenoxy) is 1. The van der Waals surface area contributed by atoms with Crippen molar-refractivity contribution >= 4 is 23.8 Å². The van der Waals surface area contributed by atoms with Crippen molar-refractivity contribution in [1.82, 2.24) is 4.98 Å². The molecule has 0 saturated carbocycles. The summed E-state index contributed by atoms with van der Waals surface area (Å²) >= 11 is 0. The van der Waals surface area contributed by atoms with Gasteiger partial charge >= 0.3 is 5.69 Å². The Hall–Kier alpha value is -1.40. The molecule has 2 heterocycles. The second-order valence-corrected chi connectivity index (χ2v) is 4.07. The molecule has 0 amide bonds. The van der Waals surface area contributed by atoms with Crippen molar-refractivity contribution in [3.63, 3.8) is 0 Å². The summed E-state index contributed by atoms with van der Waals surface area (Å²) < 4.78 is 5.25. The summed E-state index contributed by atoms with van der Waals surface area (Å²) in [6.07, 6.45) is 0. The third kappa shape index (κ3) is 2.88. The first-order valence-corrected chi connectivity index (χ1v) is 5.55. The van der Waals surface area contributed by atoms with E-state index in [0.717, 1.165) is 5.69 Å². The Morgan fingerprint density at radius 1 is 1.39 bits per heavy atom. The fourth-order valence-electron chi connectivity index (χ4n) is 2.07. The quantitative estimate of drug-likeness (QED) is 0.608. The van der Waals surface area contributed by atoms with E-state index in [2.05, 4.69) is 4.98 Å². The number of nitrogens with zero attached hydrogens (tertiary/aromatic N) is 3. The normalized spacial score (nSPS) is 15.1. The van der Waals surface area contributed by atoms with Crippen LogP contribution in [-0.4, -0.2) is 36.2 Å². The molecular weight excluding hydrogens is 258 g/mol. The topological polar surface area (TPSA) is 68.5 Å². The molecule has 18 heavy (non-hydrogen) atoms. The molecular formula is C11H16ClN3O3. The Kier molecular flexibility index (Phi) is 4.86. The van der Waals surface area contributed by atoms with Gasteiger partial charge in [-0.1, -0.05) is 0 Å². The standard InChI is InChI=1S/C11H15N3O3.ClH/c1-8-7-10(13-3-5-17-6-4-13)11(14(15)16)9(2)12-8;/h7H,3-6H2,1-2H3;1H. The average molecular weight is 274 g/mol. The van der Waals surface area contributed by atoms with E-state index in [1.165, 1.54) is 0 Å². The van der Waals surface area contributed by atoms with Crippen molar-refractivity contribution in [3.8, 4) is 0 Å². The van der Waals surface area contributed by atoms with Gasteiger partial charge in [-0.05, 0) is 19.9 Å². The number of rotatable bonds is 2. The van der Waals surface area contributed by atoms with Gasteiger partial charge in [0.15, 0.2) is 0 Å². The number of aromatic nitrogens is 1. The SMILES string of the molecule is Cc1cc(N2CCOCC2)c([N+](=O)[O-])c(C)n1.Cl. The van der Waals surface area contributed by atoms with Gasteiger partial charge in [0.1, 0.15) is 11.4 Å². The molecule has 0 atom stereocenters. The van der Waals surface area contributed by atoms with Gasteiger partial charge in [0, 0.05) is 18.8 Å². The first kappa shape index (κ1) is 14.7. The molecule has 0 spiro atoms. The molecule has 7 heteroatoms. The minimum atomic E-state index is -0.355. The van der Waals surface area contributed by atoms with E-state index in [1.54, 1.807) is 13.0 Å². The number of anilines is 1. The number of morpholine rings is 1. The lowest BCUT2D eigenvalue weighted by atomic mass is 10.2. The van der Waals surface area contributed by atoms with Crippen LogP contribution >= 0.6 is 12.4 Å². The summed E-state index contributed by atoms with van der Waals surface area (Å²) in [5.41, 5.74) is 2.03. The predicted octanol–water partition coefficient (Wildman–Crippen LogP) is 1.87. The zero-order chi connectivity index (χ0) is 12.4. The monoisotopic (exact) mass is 273 g/mol. The maximum Gasteiger partial charge on any atom is 0.313 e. The Labute approximate surface area is 112 Å². The fraction of sp³-hybridized carbons (Fsp3) is 0.545. The van der Waals surface area contributed by atoms with E-state index >= 15 is 0 Å². The first-order valence-electron chi connectivity index (χ1n) is 5.55. The van der Waals surface area contributed by atoms with Gasteiger partial charge in [-0.3, -0.25) is 15.1 Å². The van der Waals surface area contributed by atoms with Crippen molar-refractivity contribution in [2.45, 2.75) is 13.8 Å². The van der Waals surface area contributed by atoms with E-state index in [9.17, 15) is 10.1 Å². The van der Waals surface area contributed by atoms with E-state index in [0.29, 0.717) is 37.7 Å². The predicted molar refractivity (Wildman–Crippen MR) is 70.6 cm³/mol. The fourth-order valence-corrected chi connectivity index (χ4v) is 2.07. The molecule has 1 fully saturated rings. The molecule has 6 nitrogen and oxygen atoms in total. The molecule has 0 radical (unpaired) electrons. The largest absolute Gasteiger partial charge is 0.378 e. The van der Waals surface area contributed by atoms with Gasteiger partial charge in [-0.2, -0.15) is 0 Å². The molecule has 1 aliphatic heterocycles. The number of aryl methyl sites for hydroxylation is 2. The summed E-state index contributed by atoms with van der Waals surface area (Å²) in [5.74, 6) is 0. The zero-order valence-electron chi connectivity index (χ0n) is 10.4. The third-order valence-corrected chi connectivity index (χ3v) is 2.81. The van der Waals surface area contributed by atoms with Crippen LogP contribution in [-0.2, 0) is 4.74 Å². The Morgan fingerprint density at radius 3 is 2.56 bits per heavy atom. The smallest absolute Gasteiger partial charge is 0.313 e. The summed E-state index contributed by atoms with van der Waals surface area (Å²) in [7, 11) is 0. The number of pyridine rings is 1. The number of hydrogen-bond acceptors (Lipinski definition) is 5. The second-order valence-electron chi connectivity index (χ2n) is 4.07. The van der Waals surface area contributed by atoms with Crippen LogP contribution in [0.1, 0.15) is 11.4 Å². The van der Waals surface area contributed by atoms with Gasteiger partial charge in [0.25, 0.3) is 0 Å². The van der Waals surface area contributed by atoms with Gasteiger partial charge in [-0.15, -0.1) is 12.4 Å². The van der Waals surface area contributed by atoms with Crippen molar-refractivity contribution in [3.05, 3.63) is 27.6 Å². The molecule has 1 aromatic rings. The maximum atomic E-state index is 11.1. The van der Waals surface area contributed by atoms with Crippen LogP contribution in [0.3, 0.4) is 0 Å². The van der Waals surface area contributed by atoms with Crippen LogP contribution < -0.4 is 4.90 Å². The molecule has 2 rings (SSSR count). The molecule has 1 saturated heterocycles. The molecule has 0 bridgehead atoms. The summed E-state index contributed by atoms with van der Waals surface area (Å²) in [5, 5.41) is 11.1. The Bertz CT molecular complexity index is 447. The molecule has 0 aromatic carbocycles. The highest BCUT2D eigenvalue weighted by atomic mass is 35.5. The number of nitro groups is 1. The second kappa shape index (κ2) is 5.97. The molecule has 0 unspecified atom stereocenters. The summed E-state index contributed by atoms with van der Waals surface area (Å²) in [6, 6.07) is 1.77. The number of halogens is 1. The lowest BCUT2D eigenvalue weighted by molar-refractivity contribution is -0.385. The Morgan fingerprint density at radius 2 is 2.00 bits per heavy atom. The van der Waals surface area contributed by atoms with Crippen molar-refractivity contribution < 1.29 is 9.66 Å². The average Bonchev–Trinajstić information content (AvgIpc) is 2.28. The number of hydrogen-bond donors (Lipinski definition) is 0. The van der Waals surface area contributed by atoms with Gasteiger partial charge in [0.2, 0.25) is 0 Å². The molecule has 0 aliphatic carbocycles. The highest BCUT2D eigenvalue weighted by Gasteiger charge is 2.24. The van der Waals surface area contributed by atoms with Crippen LogP contribution in [0.5, 0.6) is 0 Å². The van der Waals surface area contributed by atoms with Crippen LogP contribution in [0.15, 0.2) is 6.07 Å². The zero-order valence-corrected chi connectivity index (χ0v) is 11.2. The van der Waals surface area contributed by atoms with E-state index < -0.39 is 0 Å². The molecule has 100 valence electrons. The van der Waals surface area contributed by atoms with Gasteiger partial charge in [-0.25, -0.2) is 0 Å². The summed E-state index contributed by atoms with van der Waals surface area (Å²) in [6.45, 7) is 6.11. The van der Waals surface area contributed by atoms with Gasteiger partial charge in [0.05, 0.1) is 18.1 Å². The highest BCUT2D eigenvalue weighted by molar-refractivity contribution is 5.85. The molecule has 1 aliphatic rings. The van der Waals surface area contributed by atoms with Crippen molar-refractivity contribution in [2.24, 2.45) is 0 Å². The first-order chi connectivity index (χ1) is 8.09. The Balaban J connectivity index is 0.00000162.